The normalized spacial score (nSPS) is 10.4. The number of allylic oxidation sites excluding steroid dienone is 1. The van der Waals surface area contributed by atoms with Crippen LogP contribution in [0.5, 0.6) is 0 Å². The Balaban J connectivity index is 2.39. The molecule has 2 aromatic rings. The standard InChI is InChI=1S/C18H20/c1-15(2)13-14-18(16-9-5-3-6-10-16)17-11-7-4-8-12-17/h3-12,14-15H,13H2,1-2H3. The summed E-state index contributed by atoms with van der Waals surface area (Å²) in [5.41, 5.74) is 3.93. The van der Waals surface area contributed by atoms with Gasteiger partial charge in [-0.05, 0) is 29.0 Å². The van der Waals surface area contributed by atoms with Crippen molar-refractivity contribution in [2.24, 2.45) is 5.92 Å². The average molecular weight is 236 g/mol. The summed E-state index contributed by atoms with van der Waals surface area (Å²) in [5, 5.41) is 0. The Morgan fingerprint density at radius 3 is 1.67 bits per heavy atom. The lowest BCUT2D eigenvalue weighted by molar-refractivity contribution is 0.664. The Morgan fingerprint density at radius 1 is 0.833 bits per heavy atom. The van der Waals surface area contributed by atoms with Gasteiger partial charge in [0.2, 0.25) is 0 Å². The first-order valence-corrected chi connectivity index (χ1v) is 6.58. The predicted octanol–water partition coefficient (Wildman–Crippen LogP) is 5.16. The van der Waals surface area contributed by atoms with Crippen LogP contribution in [-0.2, 0) is 0 Å². The van der Waals surface area contributed by atoms with E-state index in [-0.39, 0.29) is 0 Å². The van der Waals surface area contributed by atoms with E-state index in [1.165, 1.54) is 16.7 Å². The zero-order valence-corrected chi connectivity index (χ0v) is 11.1. The van der Waals surface area contributed by atoms with Crippen LogP contribution in [0.25, 0.3) is 5.57 Å². The summed E-state index contributed by atoms with van der Waals surface area (Å²) in [6, 6.07) is 21.2. The molecule has 0 radical (unpaired) electrons. The quantitative estimate of drug-likeness (QED) is 0.687. The number of hydrogen-bond acceptors (Lipinski definition) is 0. The van der Waals surface area contributed by atoms with E-state index < -0.39 is 0 Å². The molecule has 0 aliphatic carbocycles. The molecule has 2 rings (SSSR count). The van der Waals surface area contributed by atoms with Crippen LogP contribution >= 0.6 is 0 Å². The minimum atomic E-state index is 0.687. The molecule has 0 atom stereocenters. The van der Waals surface area contributed by atoms with Crippen molar-refractivity contribution < 1.29 is 0 Å². The van der Waals surface area contributed by atoms with Gasteiger partial charge in [0.05, 0.1) is 0 Å². The van der Waals surface area contributed by atoms with Crippen LogP contribution in [0.2, 0.25) is 0 Å². The van der Waals surface area contributed by atoms with Gasteiger partial charge >= 0.3 is 0 Å². The van der Waals surface area contributed by atoms with E-state index in [0.717, 1.165) is 6.42 Å². The van der Waals surface area contributed by atoms with Gasteiger partial charge in [-0.25, -0.2) is 0 Å². The van der Waals surface area contributed by atoms with Crippen molar-refractivity contribution in [1.82, 2.24) is 0 Å². The minimum absolute atomic E-state index is 0.687. The fourth-order valence-electron chi connectivity index (χ4n) is 1.99. The zero-order chi connectivity index (χ0) is 12.8. The van der Waals surface area contributed by atoms with E-state index in [1.54, 1.807) is 0 Å². The minimum Gasteiger partial charge on any atom is -0.0758 e. The maximum absolute atomic E-state index is 2.36. The van der Waals surface area contributed by atoms with E-state index >= 15 is 0 Å². The third-order valence-electron chi connectivity index (χ3n) is 2.96. The molecule has 2 aromatic carbocycles. The molecule has 0 fully saturated rings. The molecule has 0 aromatic heterocycles. The number of benzene rings is 2. The van der Waals surface area contributed by atoms with E-state index in [2.05, 4.69) is 80.6 Å². The monoisotopic (exact) mass is 236 g/mol. The Kier molecular flexibility index (Phi) is 4.35. The maximum Gasteiger partial charge on any atom is -0.0151 e. The van der Waals surface area contributed by atoms with Crippen LogP contribution in [0, 0.1) is 5.92 Å². The Bertz CT molecular complexity index is 451. The Hall–Kier alpha value is -1.82. The van der Waals surface area contributed by atoms with Crippen molar-refractivity contribution in [3.05, 3.63) is 77.9 Å². The van der Waals surface area contributed by atoms with Gasteiger partial charge in [0.1, 0.15) is 0 Å². The molecule has 0 N–H and O–H groups in total. The van der Waals surface area contributed by atoms with Gasteiger partial charge in [-0.2, -0.15) is 0 Å². The van der Waals surface area contributed by atoms with Crippen molar-refractivity contribution in [3.63, 3.8) is 0 Å². The lowest BCUT2D eigenvalue weighted by Gasteiger charge is -2.09. The van der Waals surface area contributed by atoms with Crippen molar-refractivity contribution in [2.75, 3.05) is 0 Å². The molecular formula is C18H20. The maximum atomic E-state index is 2.36. The molecule has 92 valence electrons. The highest BCUT2D eigenvalue weighted by Gasteiger charge is 2.04. The number of rotatable bonds is 4. The smallest absolute Gasteiger partial charge is 0.0151 e. The van der Waals surface area contributed by atoms with E-state index in [9.17, 15) is 0 Å². The summed E-state index contributed by atoms with van der Waals surface area (Å²) >= 11 is 0. The largest absolute Gasteiger partial charge is 0.0758 e. The van der Waals surface area contributed by atoms with Gasteiger partial charge in [0.15, 0.2) is 0 Å². The molecule has 0 aliphatic heterocycles. The Labute approximate surface area is 110 Å². The lowest BCUT2D eigenvalue weighted by Crippen LogP contribution is -1.90. The van der Waals surface area contributed by atoms with Crippen molar-refractivity contribution >= 4 is 5.57 Å². The molecule has 0 amide bonds. The molecule has 0 aliphatic rings. The molecule has 0 nitrogen and oxygen atoms in total. The van der Waals surface area contributed by atoms with Gasteiger partial charge in [-0.15, -0.1) is 0 Å². The van der Waals surface area contributed by atoms with E-state index in [4.69, 9.17) is 0 Å². The summed E-state index contributed by atoms with van der Waals surface area (Å²) in [6.45, 7) is 4.51. The Morgan fingerprint density at radius 2 is 1.28 bits per heavy atom. The third-order valence-corrected chi connectivity index (χ3v) is 2.96. The van der Waals surface area contributed by atoms with Crippen LogP contribution in [0.3, 0.4) is 0 Å². The third kappa shape index (κ3) is 3.33. The van der Waals surface area contributed by atoms with Gasteiger partial charge in [-0.3, -0.25) is 0 Å². The zero-order valence-electron chi connectivity index (χ0n) is 11.1. The molecule has 18 heavy (non-hydrogen) atoms. The van der Waals surface area contributed by atoms with Gasteiger partial charge in [-0.1, -0.05) is 80.6 Å². The van der Waals surface area contributed by atoms with Gasteiger partial charge in [0, 0.05) is 0 Å². The number of hydrogen-bond donors (Lipinski definition) is 0. The van der Waals surface area contributed by atoms with Crippen LogP contribution in [0.15, 0.2) is 66.7 Å². The molecule has 0 bridgehead atoms. The van der Waals surface area contributed by atoms with Gasteiger partial charge in [0.25, 0.3) is 0 Å². The van der Waals surface area contributed by atoms with Crippen LogP contribution in [0.1, 0.15) is 31.4 Å². The molecule has 0 spiro atoms. The molecule has 0 heterocycles. The first-order chi connectivity index (χ1) is 8.77. The highest BCUT2D eigenvalue weighted by atomic mass is 14.1. The molecule has 0 saturated carbocycles. The first kappa shape index (κ1) is 12.6. The van der Waals surface area contributed by atoms with Crippen molar-refractivity contribution in [2.45, 2.75) is 20.3 Å². The summed E-state index contributed by atoms with van der Waals surface area (Å²) in [6.07, 6.45) is 3.47. The topological polar surface area (TPSA) is 0 Å². The second-order valence-corrected chi connectivity index (χ2v) is 4.98. The molecule has 0 unspecified atom stereocenters. The SMILES string of the molecule is CC(C)CC=C(c1ccccc1)c1ccccc1. The molecule has 0 saturated heterocycles. The summed E-state index contributed by atoms with van der Waals surface area (Å²) in [4.78, 5) is 0. The van der Waals surface area contributed by atoms with Crippen molar-refractivity contribution in [3.8, 4) is 0 Å². The van der Waals surface area contributed by atoms with E-state index in [1.807, 2.05) is 0 Å². The summed E-state index contributed by atoms with van der Waals surface area (Å²) in [7, 11) is 0. The lowest BCUT2D eigenvalue weighted by atomic mass is 9.95. The van der Waals surface area contributed by atoms with E-state index in [0.29, 0.717) is 5.92 Å². The van der Waals surface area contributed by atoms with Crippen LogP contribution < -0.4 is 0 Å². The van der Waals surface area contributed by atoms with Gasteiger partial charge < -0.3 is 0 Å². The highest BCUT2D eigenvalue weighted by Crippen LogP contribution is 2.24. The van der Waals surface area contributed by atoms with Crippen molar-refractivity contribution in [1.29, 1.82) is 0 Å². The fourth-order valence-corrected chi connectivity index (χ4v) is 1.99. The van der Waals surface area contributed by atoms with Crippen LogP contribution in [-0.4, -0.2) is 0 Å². The molecule has 0 heteroatoms. The second-order valence-electron chi connectivity index (χ2n) is 4.98. The molecular weight excluding hydrogens is 216 g/mol. The summed E-state index contributed by atoms with van der Waals surface area (Å²) < 4.78 is 0. The van der Waals surface area contributed by atoms with Crippen LogP contribution in [0.4, 0.5) is 0 Å². The first-order valence-electron chi connectivity index (χ1n) is 6.58. The highest BCUT2D eigenvalue weighted by molar-refractivity contribution is 5.79. The average Bonchev–Trinajstić information content (AvgIpc) is 2.41. The second kappa shape index (κ2) is 6.20. The fraction of sp³-hybridized carbons (Fsp3) is 0.222. The summed E-state index contributed by atoms with van der Waals surface area (Å²) in [5.74, 6) is 0.687. The predicted molar refractivity (Wildman–Crippen MR) is 79.4 cm³/mol.